The first-order valence-corrected chi connectivity index (χ1v) is 8.77. The van der Waals surface area contributed by atoms with E-state index in [-0.39, 0.29) is 25.2 Å². The molecule has 3 rings (SSSR count). The predicted molar refractivity (Wildman–Crippen MR) is 102 cm³/mol. The number of rotatable bonds is 6. The molecule has 0 saturated heterocycles. The average Bonchev–Trinajstić information content (AvgIpc) is 2.65. The number of aromatic nitrogens is 1. The number of nitrogens with zero attached hydrogens (tertiary/aromatic N) is 1. The maximum Gasteiger partial charge on any atom is 0.306 e. The fourth-order valence-corrected chi connectivity index (χ4v) is 2.79. The summed E-state index contributed by atoms with van der Waals surface area (Å²) in [6, 6.07) is 15.9. The van der Waals surface area contributed by atoms with Gasteiger partial charge in [-0.05, 0) is 36.4 Å². The van der Waals surface area contributed by atoms with Gasteiger partial charge >= 0.3 is 5.97 Å². The Balaban J connectivity index is 1.55. The number of fused-ring (bicyclic) bond motifs is 1. The molecule has 1 heterocycles. The second-order valence-corrected chi connectivity index (χ2v) is 6.52. The van der Waals surface area contributed by atoms with Gasteiger partial charge in [-0.1, -0.05) is 41.4 Å². The summed E-state index contributed by atoms with van der Waals surface area (Å²) in [6.45, 7) is 0.0185. The van der Waals surface area contributed by atoms with Crippen LogP contribution in [0.2, 0.25) is 10.2 Å². The van der Waals surface area contributed by atoms with Gasteiger partial charge in [-0.25, -0.2) is 4.98 Å². The van der Waals surface area contributed by atoms with Crippen LogP contribution in [0.3, 0.4) is 0 Å². The van der Waals surface area contributed by atoms with Crippen LogP contribution in [0.1, 0.15) is 28.8 Å². The number of para-hydroxylation sites is 1. The van der Waals surface area contributed by atoms with Crippen LogP contribution in [-0.2, 0) is 16.1 Å². The van der Waals surface area contributed by atoms with Crippen LogP contribution in [-0.4, -0.2) is 16.7 Å². The number of pyridine rings is 1. The lowest BCUT2D eigenvalue weighted by Gasteiger charge is -2.08. The van der Waals surface area contributed by atoms with Crippen molar-refractivity contribution in [3.05, 3.63) is 75.9 Å². The van der Waals surface area contributed by atoms with Gasteiger partial charge in [0.05, 0.1) is 11.9 Å². The monoisotopic (exact) mass is 387 g/mol. The number of carbonyl (C=O) groups excluding carboxylic acids is 2. The smallest absolute Gasteiger partial charge is 0.306 e. The first-order valence-electron chi connectivity index (χ1n) is 8.01. The first kappa shape index (κ1) is 18.4. The minimum Gasteiger partial charge on any atom is -0.461 e. The van der Waals surface area contributed by atoms with E-state index in [0.717, 1.165) is 10.9 Å². The van der Waals surface area contributed by atoms with Crippen molar-refractivity contribution in [1.29, 1.82) is 0 Å². The number of ether oxygens (including phenoxy) is 1. The van der Waals surface area contributed by atoms with Gasteiger partial charge in [0.25, 0.3) is 0 Å². The van der Waals surface area contributed by atoms with Crippen molar-refractivity contribution in [3.63, 3.8) is 0 Å². The van der Waals surface area contributed by atoms with Crippen molar-refractivity contribution >= 4 is 45.9 Å². The summed E-state index contributed by atoms with van der Waals surface area (Å²) in [5.74, 6) is -0.597. The Kier molecular flexibility index (Phi) is 5.86. The van der Waals surface area contributed by atoms with Crippen molar-refractivity contribution in [2.75, 3.05) is 0 Å². The fraction of sp³-hybridized carbons (Fsp3) is 0.150. The molecular weight excluding hydrogens is 373 g/mol. The van der Waals surface area contributed by atoms with E-state index in [4.69, 9.17) is 27.9 Å². The zero-order valence-electron chi connectivity index (χ0n) is 13.7. The summed E-state index contributed by atoms with van der Waals surface area (Å²) < 4.78 is 5.23. The van der Waals surface area contributed by atoms with Crippen molar-refractivity contribution in [1.82, 2.24) is 4.98 Å². The molecular formula is C20H15Cl2NO3. The van der Waals surface area contributed by atoms with Crippen LogP contribution in [0.25, 0.3) is 10.9 Å². The number of carbonyl (C=O) groups is 2. The van der Waals surface area contributed by atoms with Gasteiger partial charge in [0.1, 0.15) is 11.8 Å². The molecule has 26 heavy (non-hydrogen) atoms. The molecule has 0 amide bonds. The Morgan fingerprint density at radius 3 is 2.46 bits per heavy atom. The molecule has 0 fully saturated rings. The summed E-state index contributed by atoms with van der Waals surface area (Å²) >= 11 is 11.9. The Bertz CT molecular complexity index is 955. The van der Waals surface area contributed by atoms with E-state index in [1.54, 1.807) is 24.3 Å². The third kappa shape index (κ3) is 4.59. The van der Waals surface area contributed by atoms with Crippen LogP contribution in [0.4, 0.5) is 0 Å². The molecule has 0 aliphatic heterocycles. The van der Waals surface area contributed by atoms with E-state index in [9.17, 15) is 9.59 Å². The number of Topliss-reactive ketones (excluding diaryl/α,β-unsaturated/α-hetero) is 1. The number of hydrogen-bond donors (Lipinski definition) is 0. The molecule has 1 aromatic heterocycles. The molecule has 132 valence electrons. The second kappa shape index (κ2) is 8.30. The highest BCUT2D eigenvalue weighted by atomic mass is 35.5. The zero-order chi connectivity index (χ0) is 18.5. The molecule has 0 unspecified atom stereocenters. The normalized spacial score (nSPS) is 10.7. The summed E-state index contributed by atoms with van der Waals surface area (Å²) in [4.78, 5) is 28.3. The molecule has 0 spiro atoms. The highest BCUT2D eigenvalue weighted by Gasteiger charge is 2.12. The zero-order valence-corrected chi connectivity index (χ0v) is 15.3. The van der Waals surface area contributed by atoms with Crippen LogP contribution in [0.15, 0.2) is 54.6 Å². The quantitative estimate of drug-likeness (QED) is 0.329. The highest BCUT2D eigenvalue weighted by Crippen LogP contribution is 2.21. The summed E-state index contributed by atoms with van der Waals surface area (Å²) in [5.41, 5.74) is 1.92. The van der Waals surface area contributed by atoms with E-state index in [1.165, 1.54) is 0 Å². The van der Waals surface area contributed by atoms with Gasteiger partial charge in [-0.15, -0.1) is 0 Å². The average molecular weight is 388 g/mol. The predicted octanol–water partition coefficient (Wildman–Crippen LogP) is 5.25. The molecule has 0 aliphatic carbocycles. The van der Waals surface area contributed by atoms with Gasteiger partial charge in [0, 0.05) is 28.0 Å². The number of hydrogen-bond acceptors (Lipinski definition) is 4. The van der Waals surface area contributed by atoms with Crippen LogP contribution in [0, 0.1) is 0 Å². The van der Waals surface area contributed by atoms with Crippen molar-refractivity contribution in [2.24, 2.45) is 0 Å². The van der Waals surface area contributed by atoms with E-state index in [2.05, 4.69) is 4.98 Å². The maximum absolute atomic E-state index is 12.1. The third-order valence-corrected chi connectivity index (χ3v) is 4.44. The minimum absolute atomic E-state index is 0.0000879. The number of halogens is 2. The molecule has 2 aromatic carbocycles. The second-order valence-electron chi connectivity index (χ2n) is 5.72. The Morgan fingerprint density at radius 2 is 1.69 bits per heavy atom. The number of esters is 1. The molecule has 0 bridgehead atoms. The molecule has 0 atom stereocenters. The molecule has 0 aliphatic rings. The largest absolute Gasteiger partial charge is 0.461 e. The lowest BCUT2D eigenvalue weighted by Crippen LogP contribution is -2.08. The third-order valence-electron chi connectivity index (χ3n) is 3.86. The summed E-state index contributed by atoms with van der Waals surface area (Å²) in [5, 5.41) is 1.77. The summed E-state index contributed by atoms with van der Waals surface area (Å²) in [6.07, 6.45) is 0.0737. The fourth-order valence-electron chi connectivity index (χ4n) is 2.46. The topological polar surface area (TPSA) is 56.3 Å². The van der Waals surface area contributed by atoms with Gasteiger partial charge in [-0.3, -0.25) is 9.59 Å². The van der Waals surface area contributed by atoms with Crippen molar-refractivity contribution in [2.45, 2.75) is 19.4 Å². The SMILES string of the molecule is O=C(CCC(=O)c1ccc(Cl)cc1)OCc1cc2ccccc2nc1Cl. The van der Waals surface area contributed by atoms with Crippen LogP contribution >= 0.6 is 23.2 Å². The maximum atomic E-state index is 12.1. The van der Waals surface area contributed by atoms with Crippen LogP contribution in [0.5, 0.6) is 0 Å². The van der Waals surface area contributed by atoms with Gasteiger partial charge in [0.15, 0.2) is 5.78 Å². The number of ketones is 1. The van der Waals surface area contributed by atoms with Crippen LogP contribution < -0.4 is 0 Å². The Hall–Kier alpha value is -2.43. The van der Waals surface area contributed by atoms with E-state index >= 15 is 0 Å². The minimum atomic E-state index is -0.462. The van der Waals surface area contributed by atoms with E-state index < -0.39 is 5.97 Å². The summed E-state index contributed by atoms with van der Waals surface area (Å²) in [7, 11) is 0. The Labute approximate surface area is 160 Å². The number of benzene rings is 2. The standard InChI is InChI=1S/C20H15Cl2NO3/c21-16-7-5-13(6-8-16)18(24)9-10-19(25)26-12-15-11-14-3-1-2-4-17(14)23-20(15)22/h1-8,11H,9-10,12H2. The lowest BCUT2D eigenvalue weighted by atomic mass is 10.1. The first-order chi connectivity index (χ1) is 12.5. The van der Waals surface area contributed by atoms with Crippen molar-refractivity contribution < 1.29 is 14.3 Å². The molecule has 0 radical (unpaired) electrons. The molecule has 0 N–H and O–H groups in total. The lowest BCUT2D eigenvalue weighted by molar-refractivity contribution is -0.144. The molecule has 0 saturated carbocycles. The van der Waals surface area contributed by atoms with E-state index in [1.807, 2.05) is 30.3 Å². The highest BCUT2D eigenvalue weighted by molar-refractivity contribution is 6.31. The Morgan fingerprint density at radius 1 is 0.962 bits per heavy atom. The van der Waals surface area contributed by atoms with Gasteiger partial charge < -0.3 is 4.74 Å². The molecule has 6 heteroatoms. The molecule has 4 nitrogen and oxygen atoms in total. The molecule has 3 aromatic rings. The van der Waals surface area contributed by atoms with E-state index in [0.29, 0.717) is 21.3 Å². The van der Waals surface area contributed by atoms with Crippen molar-refractivity contribution in [3.8, 4) is 0 Å². The van der Waals surface area contributed by atoms with Gasteiger partial charge in [-0.2, -0.15) is 0 Å². The van der Waals surface area contributed by atoms with Gasteiger partial charge in [0.2, 0.25) is 0 Å².